The monoisotopic (exact) mass is 436 g/mol. The van der Waals surface area contributed by atoms with Gasteiger partial charge in [-0.3, -0.25) is 9.58 Å². The molecule has 4 heterocycles. The Morgan fingerprint density at radius 2 is 1.97 bits per heavy atom. The van der Waals surface area contributed by atoms with Crippen LogP contribution in [0.3, 0.4) is 0 Å². The van der Waals surface area contributed by atoms with Crippen molar-refractivity contribution in [3.8, 4) is 11.1 Å². The van der Waals surface area contributed by atoms with E-state index >= 15 is 0 Å². The zero-order valence-corrected chi connectivity index (χ0v) is 17.9. The molecule has 4 aromatic rings. The number of rotatable bonds is 7. The number of aliphatic hydroxyl groups is 1. The Morgan fingerprint density at radius 1 is 1.13 bits per heavy atom. The van der Waals surface area contributed by atoms with Gasteiger partial charge in [-0.25, -0.2) is 9.97 Å². The van der Waals surface area contributed by atoms with E-state index in [0.29, 0.717) is 13.1 Å². The average molecular weight is 437 g/mol. The number of nitrogens with one attached hydrogen (secondary N) is 1. The molecule has 1 aliphatic rings. The van der Waals surface area contributed by atoms with Gasteiger partial charge >= 0.3 is 0 Å². The van der Waals surface area contributed by atoms with E-state index in [1.165, 1.54) is 0 Å². The summed E-state index contributed by atoms with van der Waals surface area (Å²) in [6.45, 7) is 4.46. The van der Waals surface area contributed by atoms with Gasteiger partial charge in [0.1, 0.15) is 16.5 Å². The van der Waals surface area contributed by atoms with Crippen molar-refractivity contribution >= 4 is 33.1 Å². The zero-order valence-electron chi connectivity index (χ0n) is 17.1. The quantitative estimate of drug-likeness (QED) is 0.460. The molecule has 8 nitrogen and oxygen atoms in total. The second-order valence-electron chi connectivity index (χ2n) is 7.41. The standard InChI is InChI=1S/C22H24N6O2S/c29-9-6-28-13-17(12-23-28)24-21-20-18(16-4-2-1-3-5-16)15-31-22(20)26-19(25-21)14-27-7-10-30-11-8-27/h1-5,12-13,15,29H,6-11,14H2,(H,24,25,26). The first-order chi connectivity index (χ1) is 15.3. The van der Waals surface area contributed by atoms with E-state index in [4.69, 9.17) is 14.7 Å². The van der Waals surface area contributed by atoms with Crippen LogP contribution < -0.4 is 5.32 Å². The summed E-state index contributed by atoms with van der Waals surface area (Å²) in [4.78, 5) is 13.1. The molecule has 5 rings (SSSR count). The third-order valence-electron chi connectivity index (χ3n) is 5.26. The molecule has 1 aromatic carbocycles. The van der Waals surface area contributed by atoms with Crippen LogP contribution >= 0.6 is 11.3 Å². The van der Waals surface area contributed by atoms with Crippen molar-refractivity contribution < 1.29 is 9.84 Å². The number of thiophene rings is 1. The smallest absolute Gasteiger partial charge is 0.146 e. The molecule has 0 unspecified atom stereocenters. The molecule has 0 amide bonds. The van der Waals surface area contributed by atoms with E-state index in [0.717, 1.165) is 65.0 Å². The molecule has 31 heavy (non-hydrogen) atoms. The van der Waals surface area contributed by atoms with Gasteiger partial charge in [0.25, 0.3) is 0 Å². The van der Waals surface area contributed by atoms with Crippen LogP contribution in [0.5, 0.6) is 0 Å². The SMILES string of the molecule is OCCn1cc(Nc2nc(CN3CCOCC3)nc3scc(-c4ccccc4)c23)cn1. The Labute approximate surface area is 184 Å². The predicted molar refractivity (Wildman–Crippen MR) is 122 cm³/mol. The number of fused-ring (bicyclic) bond motifs is 1. The van der Waals surface area contributed by atoms with Gasteiger partial charge < -0.3 is 15.2 Å². The van der Waals surface area contributed by atoms with Crippen LogP contribution in [0.2, 0.25) is 0 Å². The van der Waals surface area contributed by atoms with Crippen LogP contribution in [-0.2, 0) is 17.8 Å². The topological polar surface area (TPSA) is 88.3 Å². The Bertz CT molecular complexity index is 1150. The lowest BCUT2D eigenvalue weighted by atomic mass is 10.1. The van der Waals surface area contributed by atoms with Gasteiger partial charge in [-0.2, -0.15) is 5.10 Å². The molecule has 1 saturated heterocycles. The maximum atomic E-state index is 9.17. The highest BCUT2D eigenvalue weighted by molar-refractivity contribution is 7.17. The van der Waals surface area contributed by atoms with Crippen LogP contribution in [0.4, 0.5) is 11.5 Å². The maximum absolute atomic E-state index is 9.17. The Hall–Kier alpha value is -2.85. The van der Waals surface area contributed by atoms with E-state index in [1.807, 2.05) is 24.4 Å². The summed E-state index contributed by atoms with van der Waals surface area (Å²) in [6, 6.07) is 10.3. The van der Waals surface area contributed by atoms with Gasteiger partial charge in [-0.1, -0.05) is 30.3 Å². The number of hydrogen-bond acceptors (Lipinski definition) is 8. The number of nitrogens with zero attached hydrogens (tertiary/aromatic N) is 5. The van der Waals surface area contributed by atoms with Gasteiger partial charge in [0, 0.05) is 30.2 Å². The third kappa shape index (κ3) is 4.45. The van der Waals surface area contributed by atoms with Crippen molar-refractivity contribution in [3.63, 3.8) is 0 Å². The highest BCUT2D eigenvalue weighted by atomic mass is 32.1. The van der Waals surface area contributed by atoms with Crippen molar-refractivity contribution in [3.05, 3.63) is 53.9 Å². The van der Waals surface area contributed by atoms with Gasteiger partial charge in [-0.15, -0.1) is 11.3 Å². The summed E-state index contributed by atoms with van der Waals surface area (Å²) < 4.78 is 7.17. The van der Waals surface area contributed by atoms with Crippen molar-refractivity contribution in [2.24, 2.45) is 0 Å². The lowest BCUT2D eigenvalue weighted by molar-refractivity contribution is 0.0331. The summed E-state index contributed by atoms with van der Waals surface area (Å²) in [7, 11) is 0. The fraction of sp³-hybridized carbons (Fsp3) is 0.318. The van der Waals surface area contributed by atoms with Gasteiger partial charge in [0.2, 0.25) is 0 Å². The van der Waals surface area contributed by atoms with E-state index in [2.05, 4.69) is 32.8 Å². The number of aromatic nitrogens is 4. The highest BCUT2D eigenvalue weighted by Gasteiger charge is 2.18. The average Bonchev–Trinajstić information content (AvgIpc) is 3.42. The van der Waals surface area contributed by atoms with Crippen LogP contribution in [0, 0.1) is 0 Å². The van der Waals surface area contributed by atoms with E-state index in [9.17, 15) is 5.11 Å². The third-order valence-corrected chi connectivity index (χ3v) is 6.13. The van der Waals surface area contributed by atoms with Crippen LogP contribution in [-0.4, -0.2) is 62.7 Å². The second-order valence-corrected chi connectivity index (χ2v) is 8.27. The number of morpholine rings is 1. The molecule has 9 heteroatoms. The number of ether oxygens (including phenoxy) is 1. The largest absolute Gasteiger partial charge is 0.394 e. The Kier molecular flexibility index (Phi) is 5.90. The first kappa shape index (κ1) is 20.1. The number of hydrogen-bond donors (Lipinski definition) is 2. The molecular formula is C22H24N6O2S. The van der Waals surface area contributed by atoms with Gasteiger partial charge in [-0.05, 0) is 5.56 Å². The Morgan fingerprint density at radius 3 is 2.77 bits per heavy atom. The van der Waals surface area contributed by atoms with Gasteiger partial charge in [0.05, 0.1) is 50.2 Å². The summed E-state index contributed by atoms with van der Waals surface area (Å²) in [6.07, 6.45) is 3.63. The summed E-state index contributed by atoms with van der Waals surface area (Å²) in [5.41, 5.74) is 3.08. The van der Waals surface area contributed by atoms with Crippen molar-refractivity contribution in [1.29, 1.82) is 0 Å². The molecule has 0 saturated carbocycles. The molecule has 1 aliphatic heterocycles. The molecular weight excluding hydrogens is 412 g/mol. The molecule has 1 fully saturated rings. The Balaban J connectivity index is 1.55. The predicted octanol–water partition coefficient (Wildman–Crippen LogP) is 3.12. The zero-order chi connectivity index (χ0) is 21.0. The summed E-state index contributed by atoms with van der Waals surface area (Å²) >= 11 is 1.63. The minimum atomic E-state index is 0.0469. The van der Waals surface area contributed by atoms with Crippen LogP contribution in [0.1, 0.15) is 5.82 Å². The molecule has 0 aliphatic carbocycles. The van der Waals surface area contributed by atoms with Crippen molar-refractivity contribution in [2.45, 2.75) is 13.1 Å². The van der Waals surface area contributed by atoms with Gasteiger partial charge in [0.15, 0.2) is 0 Å². The summed E-state index contributed by atoms with van der Waals surface area (Å²) in [5, 5.41) is 20.1. The van der Waals surface area contributed by atoms with Crippen LogP contribution in [0.25, 0.3) is 21.3 Å². The van der Waals surface area contributed by atoms with Crippen molar-refractivity contribution in [2.75, 3.05) is 38.2 Å². The first-order valence-corrected chi connectivity index (χ1v) is 11.2. The molecule has 160 valence electrons. The molecule has 3 aromatic heterocycles. The molecule has 0 atom stereocenters. The van der Waals surface area contributed by atoms with E-state index in [1.54, 1.807) is 22.2 Å². The first-order valence-electron chi connectivity index (χ1n) is 10.3. The molecule has 0 bridgehead atoms. The van der Waals surface area contributed by atoms with E-state index in [-0.39, 0.29) is 6.61 Å². The molecule has 0 spiro atoms. The summed E-state index contributed by atoms with van der Waals surface area (Å²) in [5.74, 6) is 1.57. The fourth-order valence-corrected chi connectivity index (χ4v) is 4.69. The highest BCUT2D eigenvalue weighted by Crippen LogP contribution is 2.38. The minimum absolute atomic E-state index is 0.0469. The molecule has 0 radical (unpaired) electrons. The number of anilines is 2. The minimum Gasteiger partial charge on any atom is -0.394 e. The van der Waals surface area contributed by atoms with E-state index < -0.39 is 0 Å². The van der Waals surface area contributed by atoms with Crippen molar-refractivity contribution in [1.82, 2.24) is 24.6 Å². The molecule has 2 N–H and O–H groups in total. The number of benzene rings is 1. The second kappa shape index (κ2) is 9.11. The fourth-order valence-electron chi connectivity index (χ4n) is 3.73. The number of aliphatic hydroxyl groups excluding tert-OH is 1. The lowest BCUT2D eigenvalue weighted by Gasteiger charge is -2.25. The van der Waals surface area contributed by atoms with Crippen LogP contribution in [0.15, 0.2) is 48.1 Å². The maximum Gasteiger partial charge on any atom is 0.146 e. The lowest BCUT2D eigenvalue weighted by Crippen LogP contribution is -2.36. The normalized spacial score (nSPS) is 14.9.